The predicted octanol–water partition coefficient (Wildman–Crippen LogP) is 5.44. The Morgan fingerprint density at radius 2 is 1.72 bits per heavy atom. The molecule has 0 amide bonds. The van der Waals surface area contributed by atoms with Crippen LogP contribution >= 0.6 is 11.6 Å². The van der Waals surface area contributed by atoms with Crippen molar-refractivity contribution >= 4 is 11.6 Å². The molecule has 0 aliphatic rings. The van der Waals surface area contributed by atoms with Gasteiger partial charge in [0.15, 0.2) is 0 Å². The Morgan fingerprint density at radius 1 is 0.920 bits per heavy atom. The summed E-state index contributed by atoms with van der Waals surface area (Å²) in [5.41, 5.74) is 3.55. The minimum Gasteiger partial charge on any atom is -0.488 e. The van der Waals surface area contributed by atoms with Crippen LogP contribution < -0.4 is 10.1 Å². The lowest BCUT2D eigenvalue weighted by atomic mass is 10.0. The first-order chi connectivity index (χ1) is 12.2. The minimum absolute atomic E-state index is 0.326. The summed E-state index contributed by atoms with van der Waals surface area (Å²) in [5.74, 6) is 0.351. The summed E-state index contributed by atoms with van der Waals surface area (Å²) in [5, 5.41) is 3.61. The number of hydrogen-bond acceptors (Lipinski definition) is 2. The van der Waals surface area contributed by atoms with Crippen molar-refractivity contribution in [2.24, 2.45) is 0 Å². The number of hydrogen-bond donors (Lipinski definition) is 1. The molecular formula is C21H19ClFNO. The Balaban J connectivity index is 1.98. The Bertz CT molecular complexity index is 852. The SMILES string of the molecule is CNCc1ccc(OCc2ccccc2)c(-c2cc(F)ccc2Cl)c1. The highest BCUT2D eigenvalue weighted by Crippen LogP contribution is 2.36. The summed E-state index contributed by atoms with van der Waals surface area (Å²) in [4.78, 5) is 0. The van der Waals surface area contributed by atoms with Gasteiger partial charge >= 0.3 is 0 Å². The van der Waals surface area contributed by atoms with Crippen LogP contribution in [0.1, 0.15) is 11.1 Å². The molecule has 4 heteroatoms. The third kappa shape index (κ3) is 4.38. The van der Waals surface area contributed by atoms with E-state index in [4.69, 9.17) is 16.3 Å². The van der Waals surface area contributed by atoms with Gasteiger partial charge in [0.1, 0.15) is 18.2 Å². The monoisotopic (exact) mass is 355 g/mol. The lowest BCUT2D eigenvalue weighted by Gasteiger charge is -2.15. The molecule has 0 aliphatic carbocycles. The summed E-state index contributed by atoms with van der Waals surface area (Å²) in [7, 11) is 1.88. The second kappa shape index (κ2) is 8.15. The van der Waals surface area contributed by atoms with Crippen LogP contribution in [0.3, 0.4) is 0 Å². The molecule has 0 radical (unpaired) electrons. The fourth-order valence-electron chi connectivity index (χ4n) is 2.67. The summed E-state index contributed by atoms with van der Waals surface area (Å²) < 4.78 is 19.8. The first-order valence-electron chi connectivity index (χ1n) is 8.07. The first kappa shape index (κ1) is 17.5. The smallest absolute Gasteiger partial charge is 0.127 e. The fraction of sp³-hybridized carbons (Fsp3) is 0.143. The van der Waals surface area contributed by atoms with E-state index < -0.39 is 0 Å². The van der Waals surface area contributed by atoms with Crippen LogP contribution in [0.5, 0.6) is 5.75 Å². The average Bonchev–Trinajstić information content (AvgIpc) is 2.64. The zero-order chi connectivity index (χ0) is 17.6. The van der Waals surface area contributed by atoms with Gasteiger partial charge in [0.2, 0.25) is 0 Å². The molecule has 0 unspecified atom stereocenters. The average molecular weight is 356 g/mol. The van der Waals surface area contributed by atoms with Crippen LogP contribution in [0.2, 0.25) is 5.02 Å². The summed E-state index contributed by atoms with van der Waals surface area (Å²) in [6.07, 6.45) is 0. The summed E-state index contributed by atoms with van der Waals surface area (Å²) in [6.45, 7) is 1.14. The molecule has 0 atom stereocenters. The van der Waals surface area contributed by atoms with Crippen molar-refractivity contribution in [3.63, 3.8) is 0 Å². The first-order valence-corrected chi connectivity index (χ1v) is 8.45. The highest BCUT2D eigenvalue weighted by Gasteiger charge is 2.12. The molecular weight excluding hydrogens is 337 g/mol. The Hall–Kier alpha value is -2.36. The molecule has 2 nitrogen and oxygen atoms in total. The van der Waals surface area contributed by atoms with Gasteiger partial charge in [-0.1, -0.05) is 48.0 Å². The van der Waals surface area contributed by atoms with Crippen molar-refractivity contribution in [3.8, 4) is 16.9 Å². The standard InChI is InChI=1S/C21H19ClFNO/c1-24-13-16-7-10-21(25-14-15-5-3-2-4-6-15)19(11-16)18-12-17(23)8-9-20(18)22/h2-12,24H,13-14H2,1H3. The van der Waals surface area contributed by atoms with E-state index >= 15 is 0 Å². The van der Waals surface area contributed by atoms with Crippen molar-refractivity contribution in [1.29, 1.82) is 0 Å². The molecule has 0 spiro atoms. The van der Waals surface area contributed by atoms with Gasteiger partial charge in [-0.05, 0) is 48.5 Å². The Morgan fingerprint density at radius 3 is 2.48 bits per heavy atom. The van der Waals surface area contributed by atoms with Crippen LogP contribution in [-0.2, 0) is 13.2 Å². The molecule has 0 heterocycles. The lowest BCUT2D eigenvalue weighted by molar-refractivity contribution is 0.307. The Labute approximate surface area is 152 Å². The molecule has 3 aromatic carbocycles. The van der Waals surface area contributed by atoms with Crippen LogP contribution in [0, 0.1) is 5.82 Å². The zero-order valence-corrected chi connectivity index (χ0v) is 14.7. The van der Waals surface area contributed by atoms with E-state index in [1.54, 1.807) is 6.07 Å². The molecule has 1 N–H and O–H groups in total. The molecule has 0 saturated carbocycles. The normalized spacial score (nSPS) is 10.7. The summed E-state index contributed by atoms with van der Waals surface area (Å²) in [6, 6.07) is 20.2. The maximum atomic E-state index is 13.8. The number of nitrogens with one attached hydrogen (secondary N) is 1. The van der Waals surface area contributed by atoms with Crippen LogP contribution in [-0.4, -0.2) is 7.05 Å². The second-order valence-corrected chi connectivity index (χ2v) is 6.17. The molecule has 0 fully saturated rings. The predicted molar refractivity (Wildman–Crippen MR) is 100 cm³/mol. The number of halogens is 2. The van der Waals surface area contributed by atoms with Gasteiger partial charge in [-0.25, -0.2) is 4.39 Å². The van der Waals surface area contributed by atoms with Crippen LogP contribution in [0.25, 0.3) is 11.1 Å². The third-order valence-corrected chi connectivity index (χ3v) is 4.21. The van der Waals surface area contributed by atoms with Crippen molar-refractivity contribution in [1.82, 2.24) is 5.32 Å². The highest BCUT2D eigenvalue weighted by molar-refractivity contribution is 6.33. The van der Waals surface area contributed by atoms with Gasteiger partial charge in [0.25, 0.3) is 0 Å². The largest absolute Gasteiger partial charge is 0.488 e. The van der Waals surface area contributed by atoms with Crippen molar-refractivity contribution in [2.75, 3.05) is 7.05 Å². The molecule has 0 bridgehead atoms. The summed E-state index contributed by atoms with van der Waals surface area (Å²) >= 11 is 6.31. The molecule has 3 aromatic rings. The van der Waals surface area contributed by atoms with E-state index in [2.05, 4.69) is 5.32 Å². The van der Waals surface area contributed by atoms with Gasteiger partial charge in [0, 0.05) is 22.7 Å². The second-order valence-electron chi connectivity index (χ2n) is 5.76. The quantitative estimate of drug-likeness (QED) is 0.635. The zero-order valence-electron chi connectivity index (χ0n) is 13.9. The Kier molecular flexibility index (Phi) is 5.69. The van der Waals surface area contributed by atoms with Gasteiger partial charge in [-0.3, -0.25) is 0 Å². The van der Waals surface area contributed by atoms with E-state index in [1.807, 2.05) is 55.6 Å². The highest BCUT2D eigenvalue weighted by atomic mass is 35.5. The molecule has 3 rings (SSSR count). The molecule has 25 heavy (non-hydrogen) atoms. The van der Waals surface area contributed by atoms with Crippen molar-refractivity contribution in [3.05, 3.63) is 88.7 Å². The van der Waals surface area contributed by atoms with Gasteiger partial charge in [-0.2, -0.15) is 0 Å². The number of ether oxygens (including phenoxy) is 1. The van der Waals surface area contributed by atoms with E-state index in [0.29, 0.717) is 29.5 Å². The maximum absolute atomic E-state index is 13.8. The fourth-order valence-corrected chi connectivity index (χ4v) is 2.89. The van der Waals surface area contributed by atoms with Crippen LogP contribution in [0.4, 0.5) is 4.39 Å². The van der Waals surface area contributed by atoms with Crippen molar-refractivity contribution < 1.29 is 9.13 Å². The molecule has 128 valence electrons. The van der Waals surface area contributed by atoms with Gasteiger partial charge < -0.3 is 10.1 Å². The van der Waals surface area contributed by atoms with Crippen LogP contribution in [0.15, 0.2) is 66.7 Å². The number of benzene rings is 3. The number of rotatable bonds is 6. The van der Waals surface area contributed by atoms with E-state index in [1.165, 1.54) is 12.1 Å². The molecule has 0 aliphatic heterocycles. The lowest BCUT2D eigenvalue weighted by Crippen LogP contribution is -2.05. The van der Waals surface area contributed by atoms with E-state index in [9.17, 15) is 4.39 Å². The van der Waals surface area contributed by atoms with Gasteiger partial charge in [-0.15, -0.1) is 0 Å². The van der Waals surface area contributed by atoms with E-state index in [-0.39, 0.29) is 5.82 Å². The van der Waals surface area contributed by atoms with E-state index in [0.717, 1.165) is 16.7 Å². The maximum Gasteiger partial charge on any atom is 0.127 e. The third-order valence-electron chi connectivity index (χ3n) is 3.88. The van der Waals surface area contributed by atoms with Gasteiger partial charge in [0.05, 0.1) is 0 Å². The van der Waals surface area contributed by atoms with Crippen molar-refractivity contribution in [2.45, 2.75) is 13.2 Å². The topological polar surface area (TPSA) is 21.3 Å². The molecule has 0 saturated heterocycles. The minimum atomic E-state index is -0.326. The molecule has 0 aromatic heterocycles.